The van der Waals surface area contributed by atoms with E-state index in [4.69, 9.17) is 5.10 Å². The molecular weight excluding hydrogens is 451 g/mol. The Hall–Kier alpha value is -3.49. The molecule has 0 radical (unpaired) electrons. The molecule has 0 bridgehead atoms. The highest BCUT2D eigenvalue weighted by atomic mass is 19.1. The number of likely N-dealkylation sites (tertiary alicyclic amines) is 1. The monoisotopic (exact) mass is 478 g/mol. The summed E-state index contributed by atoms with van der Waals surface area (Å²) < 4.78 is 18.2. The number of rotatable bonds is 3. The Labute approximate surface area is 201 Å². The summed E-state index contributed by atoms with van der Waals surface area (Å²) >= 11 is 0. The van der Waals surface area contributed by atoms with E-state index in [-0.39, 0.29) is 23.7 Å². The number of hydrogen-bond donors (Lipinski definition) is 1. The second-order valence-corrected chi connectivity index (χ2v) is 9.93. The van der Waals surface area contributed by atoms with E-state index in [1.165, 1.54) is 10.1 Å². The summed E-state index contributed by atoms with van der Waals surface area (Å²) in [7, 11) is 0. The Morgan fingerprint density at radius 3 is 2.77 bits per heavy atom. The molecule has 0 aliphatic carbocycles. The van der Waals surface area contributed by atoms with Gasteiger partial charge in [-0.25, -0.2) is 8.91 Å². The second kappa shape index (κ2) is 8.03. The van der Waals surface area contributed by atoms with Gasteiger partial charge in [-0.3, -0.25) is 14.4 Å². The van der Waals surface area contributed by atoms with E-state index in [1.807, 2.05) is 0 Å². The first-order valence-electron chi connectivity index (χ1n) is 11.9. The SMILES string of the molecule is C[C@@H]1CN(c2ccc(C#N)n3ncc(F)c23)Cc2c3c(nn21)CN(CC(=O)N1CC(O)C1)[C@@H](C)C3. The van der Waals surface area contributed by atoms with Gasteiger partial charge < -0.3 is 14.9 Å². The lowest BCUT2D eigenvalue weighted by molar-refractivity contribution is -0.143. The van der Waals surface area contributed by atoms with E-state index in [2.05, 4.69) is 39.5 Å². The summed E-state index contributed by atoms with van der Waals surface area (Å²) in [5.41, 5.74) is 4.62. The largest absolute Gasteiger partial charge is 0.389 e. The van der Waals surface area contributed by atoms with Crippen LogP contribution in [0, 0.1) is 17.1 Å². The first-order valence-corrected chi connectivity index (χ1v) is 11.9. The quantitative estimate of drug-likeness (QED) is 0.600. The maximum absolute atomic E-state index is 14.7. The van der Waals surface area contributed by atoms with Crippen LogP contribution in [0.2, 0.25) is 0 Å². The Balaban J connectivity index is 1.28. The Morgan fingerprint density at radius 2 is 2.03 bits per heavy atom. The van der Waals surface area contributed by atoms with Crippen molar-refractivity contribution in [3.63, 3.8) is 0 Å². The lowest BCUT2D eigenvalue weighted by atomic mass is 9.96. The van der Waals surface area contributed by atoms with Crippen LogP contribution in [-0.2, 0) is 24.3 Å². The molecule has 182 valence electrons. The first kappa shape index (κ1) is 22.0. The van der Waals surface area contributed by atoms with Crippen LogP contribution >= 0.6 is 0 Å². The zero-order valence-corrected chi connectivity index (χ0v) is 19.7. The van der Waals surface area contributed by atoms with Crippen molar-refractivity contribution in [2.75, 3.05) is 31.1 Å². The third-order valence-corrected chi connectivity index (χ3v) is 7.52. The summed E-state index contributed by atoms with van der Waals surface area (Å²) in [5.74, 6) is -0.406. The number of amides is 1. The number of β-amino-alcohol motifs (C(OH)–C–C–N with tert-alkyl or cyclic N) is 1. The van der Waals surface area contributed by atoms with Gasteiger partial charge in [0.25, 0.3) is 0 Å². The number of carbonyl (C=O) groups is 1. The van der Waals surface area contributed by atoms with E-state index >= 15 is 0 Å². The smallest absolute Gasteiger partial charge is 0.236 e. The van der Waals surface area contributed by atoms with Gasteiger partial charge in [-0.2, -0.15) is 15.5 Å². The molecular formula is C24H27FN8O2. The molecule has 1 fully saturated rings. The predicted molar refractivity (Wildman–Crippen MR) is 124 cm³/mol. The van der Waals surface area contributed by atoms with Crippen LogP contribution < -0.4 is 4.90 Å². The third-order valence-electron chi connectivity index (χ3n) is 7.52. The van der Waals surface area contributed by atoms with Crippen LogP contribution in [0.25, 0.3) is 5.52 Å². The molecule has 0 unspecified atom stereocenters. The van der Waals surface area contributed by atoms with Crippen molar-refractivity contribution in [2.45, 2.75) is 51.5 Å². The molecule has 3 aromatic heterocycles. The number of anilines is 1. The Bertz CT molecular complexity index is 1370. The minimum Gasteiger partial charge on any atom is -0.389 e. The van der Waals surface area contributed by atoms with Crippen molar-refractivity contribution in [1.82, 2.24) is 29.2 Å². The van der Waals surface area contributed by atoms with Gasteiger partial charge in [0.05, 0.1) is 48.5 Å². The van der Waals surface area contributed by atoms with E-state index < -0.39 is 11.9 Å². The molecule has 0 saturated carbocycles. The Kier molecular flexibility index (Phi) is 5.05. The van der Waals surface area contributed by atoms with Gasteiger partial charge >= 0.3 is 0 Å². The topological polar surface area (TPSA) is 106 Å². The molecule has 3 aliphatic heterocycles. The average Bonchev–Trinajstić information content (AvgIpc) is 3.37. The number of hydrogen-bond acceptors (Lipinski definition) is 7. The number of halogens is 1. The number of aromatic nitrogens is 4. The van der Waals surface area contributed by atoms with Gasteiger partial charge in [0.15, 0.2) is 5.82 Å². The fraction of sp³-hybridized carbons (Fsp3) is 0.500. The minimum absolute atomic E-state index is 0.0433. The maximum Gasteiger partial charge on any atom is 0.236 e. The first-order chi connectivity index (χ1) is 16.8. The molecule has 11 heteroatoms. The van der Waals surface area contributed by atoms with Crippen molar-refractivity contribution in [3.05, 3.63) is 46.8 Å². The molecule has 0 aromatic carbocycles. The van der Waals surface area contributed by atoms with E-state index in [0.717, 1.165) is 24.0 Å². The van der Waals surface area contributed by atoms with Crippen LogP contribution in [0.1, 0.15) is 42.5 Å². The number of carbonyl (C=O) groups excluding carboxylic acids is 1. The van der Waals surface area contributed by atoms with Gasteiger partial charge in [-0.15, -0.1) is 0 Å². The standard InChI is InChI=1S/C24H27FN8O2/c1-14-5-18-20(11-29(14)13-23(35)31-9-17(34)10-31)28-32-15(2)8-30(12-22(18)32)21-4-3-16(6-26)33-24(21)19(25)7-27-33/h3-4,7,14-15,17,34H,5,8-13H2,1-2H3/t14-,15+/m0/s1. The molecule has 6 heterocycles. The number of nitriles is 1. The summed E-state index contributed by atoms with van der Waals surface area (Å²) in [6.45, 7) is 7.20. The summed E-state index contributed by atoms with van der Waals surface area (Å²) in [6.07, 6.45) is 1.53. The van der Waals surface area contributed by atoms with E-state index in [0.29, 0.717) is 50.5 Å². The normalized spacial score (nSPS) is 22.6. The molecule has 0 spiro atoms. The van der Waals surface area contributed by atoms with Crippen molar-refractivity contribution >= 4 is 17.1 Å². The highest BCUT2D eigenvalue weighted by Crippen LogP contribution is 2.35. The van der Waals surface area contributed by atoms with Gasteiger partial charge in [-0.05, 0) is 32.4 Å². The van der Waals surface area contributed by atoms with Crippen LogP contribution in [0.3, 0.4) is 0 Å². The van der Waals surface area contributed by atoms with Gasteiger partial charge in [-0.1, -0.05) is 0 Å². The number of aliphatic hydroxyl groups excluding tert-OH is 1. The van der Waals surface area contributed by atoms with Gasteiger partial charge in [0.2, 0.25) is 5.91 Å². The molecule has 1 amide bonds. The molecule has 10 nitrogen and oxygen atoms in total. The van der Waals surface area contributed by atoms with Crippen LogP contribution in [0.5, 0.6) is 0 Å². The van der Waals surface area contributed by atoms with Crippen molar-refractivity contribution < 1.29 is 14.3 Å². The number of fused-ring (bicyclic) bond motifs is 4. The van der Waals surface area contributed by atoms with Crippen molar-refractivity contribution in [3.8, 4) is 6.07 Å². The number of pyridine rings is 1. The molecule has 2 atom stereocenters. The van der Waals surface area contributed by atoms with Gasteiger partial charge in [0.1, 0.15) is 17.3 Å². The van der Waals surface area contributed by atoms with Crippen LogP contribution in [0.4, 0.5) is 10.1 Å². The second-order valence-electron chi connectivity index (χ2n) is 9.93. The zero-order valence-electron chi connectivity index (χ0n) is 19.7. The van der Waals surface area contributed by atoms with Crippen LogP contribution in [-0.4, -0.2) is 78.5 Å². The summed E-state index contributed by atoms with van der Waals surface area (Å²) in [6, 6.07) is 5.79. The fourth-order valence-corrected chi connectivity index (χ4v) is 5.58. The maximum atomic E-state index is 14.7. The molecule has 1 saturated heterocycles. The number of aliphatic hydroxyl groups is 1. The lowest BCUT2D eigenvalue weighted by Gasteiger charge is -2.39. The van der Waals surface area contributed by atoms with Crippen molar-refractivity contribution in [2.24, 2.45) is 0 Å². The fourth-order valence-electron chi connectivity index (χ4n) is 5.58. The van der Waals surface area contributed by atoms with E-state index in [1.54, 1.807) is 17.0 Å². The highest BCUT2D eigenvalue weighted by molar-refractivity contribution is 5.79. The molecule has 6 rings (SSSR count). The number of nitrogens with zero attached hydrogens (tertiary/aromatic N) is 8. The minimum atomic E-state index is -0.450. The molecule has 35 heavy (non-hydrogen) atoms. The predicted octanol–water partition coefficient (Wildman–Crippen LogP) is 1.07. The Morgan fingerprint density at radius 1 is 1.23 bits per heavy atom. The molecule has 1 N–H and O–H groups in total. The van der Waals surface area contributed by atoms with Crippen molar-refractivity contribution in [1.29, 1.82) is 5.26 Å². The molecule has 3 aromatic rings. The van der Waals surface area contributed by atoms with E-state index in [9.17, 15) is 19.6 Å². The average molecular weight is 479 g/mol. The highest BCUT2D eigenvalue weighted by Gasteiger charge is 2.36. The van der Waals surface area contributed by atoms with Gasteiger partial charge in [0, 0.05) is 37.8 Å². The summed E-state index contributed by atoms with van der Waals surface area (Å²) in [5, 5.41) is 27.9. The third kappa shape index (κ3) is 3.47. The lowest BCUT2D eigenvalue weighted by Crippen LogP contribution is -2.56. The molecule has 3 aliphatic rings. The zero-order chi connectivity index (χ0) is 24.4. The van der Waals surface area contributed by atoms with Crippen LogP contribution in [0.15, 0.2) is 18.3 Å². The summed E-state index contributed by atoms with van der Waals surface area (Å²) in [4.78, 5) is 18.6.